The summed E-state index contributed by atoms with van der Waals surface area (Å²) in [6.07, 6.45) is 1.50. The molecule has 0 atom stereocenters. The van der Waals surface area contributed by atoms with E-state index in [4.69, 9.17) is 15.2 Å². The van der Waals surface area contributed by atoms with Crippen LogP contribution in [0.15, 0.2) is 53.6 Å². The number of benzene rings is 2. The molecule has 26 heavy (non-hydrogen) atoms. The van der Waals surface area contributed by atoms with Gasteiger partial charge >= 0.3 is 6.03 Å². The minimum Gasteiger partial charge on any atom is -0.490 e. The highest BCUT2D eigenvalue weighted by molar-refractivity contribution is 5.81. The monoisotopic (exact) mass is 355 g/mol. The molecule has 2 aromatic rings. The average Bonchev–Trinajstić information content (AvgIpc) is 2.59. The van der Waals surface area contributed by atoms with Crippen molar-refractivity contribution in [2.45, 2.75) is 26.2 Å². The molecule has 0 unspecified atom stereocenters. The Morgan fingerprint density at radius 3 is 1.96 bits per heavy atom. The van der Waals surface area contributed by atoms with E-state index in [-0.39, 0.29) is 5.41 Å². The van der Waals surface area contributed by atoms with E-state index in [1.54, 1.807) is 0 Å². The number of carbonyl (C=O) groups excluding carboxylic acids is 1. The summed E-state index contributed by atoms with van der Waals surface area (Å²) in [4.78, 5) is 10.5. The van der Waals surface area contributed by atoms with Gasteiger partial charge in [-0.3, -0.25) is 0 Å². The summed E-state index contributed by atoms with van der Waals surface area (Å²) in [6.45, 7) is 7.45. The van der Waals surface area contributed by atoms with Gasteiger partial charge in [0.25, 0.3) is 0 Å². The van der Waals surface area contributed by atoms with E-state index < -0.39 is 6.03 Å². The Bertz CT molecular complexity index is 732. The maximum atomic E-state index is 10.5. The van der Waals surface area contributed by atoms with Crippen LogP contribution in [0.5, 0.6) is 11.5 Å². The summed E-state index contributed by atoms with van der Waals surface area (Å²) in [5, 5.41) is 3.69. The molecule has 3 N–H and O–H groups in total. The molecule has 0 fully saturated rings. The van der Waals surface area contributed by atoms with Gasteiger partial charge in [-0.1, -0.05) is 32.9 Å². The van der Waals surface area contributed by atoms with Crippen LogP contribution in [0.1, 0.15) is 31.9 Å². The fourth-order valence-corrected chi connectivity index (χ4v) is 2.19. The highest BCUT2D eigenvalue weighted by atomic mass is 16.5. The number of nitrogens with zero attached hydrogens (tertiary/aromatic N) is 1. The lowest BCUT2D eigenvalue weighted by Crippen LogP contribution is -2.24. The van der Waals surface area contributed by atoms with Crippen molar-refractivity contribution in [3.8, 4) is 11.5 Å². The molecule has 0 saturated heterocycles. The standard InChI is InChI=1S/C20H25N3O3/c1-20(2,3)16-6-10-18(11-7-16)26-13-12-25-17-8-4-15(5-9-17)14-22-23-19(21)24/h4-11,14H,12-13H2,1-3H3,(H3,21,23,24). The van der Waals surface area contributed by atoms with E-state index in [9.17, 15) is 4.79 Å². The molecule has 0 aliphatic rings. The smallest absolute Gasteiger partial charge is 0.332 e. The van der Waals surface area contributed by atoms with Crippen molar-refractivity contribution in [2.24, 2.45) is 10.8 Å². The molecule has 0 bridgehead atoms. The van der Waals surface area contributed by atoms with Crippen molar-refractivity contribution in [2.75, 3.05) is 13.2 Å². The molecular formula is C20H25N3O3. The largest absolute Gasteiger partial charge is 0.490 e. The van der Waals surface area contributed by atoms with Crippen molar-refractivity contribution in [1.29, 1.82) is 0 Å². The van der Waals surface area contributed by atoms with Crippen LogP contribution in [-0.4, -0.2) is 25.5 Å². The van der Waals surface area contributed by atoms with Gasteiger partial charge in [0.1, 0.15) is 24.7 Å². The Hall–Kier alpha value is -3.02. The normalized spacial score (nSPS) is 11.3. The number of amides is 2. The zero-order valence-electron chi connectivity index (χ0n) is 15.4. The molecule has 0 heterocycles. The summed E-state index contributed by atoms with van der Waals surface area (Å²) < 4.78 is 11.3. The van der Waals surface area contributed by atoms with E-state index in [0.29, 0.717) is 13.2 Å². The van der Waals surface area contributed by atoms with Gasteiger partial charge in [0.2, 0.25) is 0 Å². The molecule has 0 radical (unpaired) electrons. The molecule has 0 saturated carbocycles. The molecule has 6 nitrogen and oxygen atoms in total. The number of hydrogen-bond donors (Lipinski definition) is 2. The maximum Gasteiger partial charge on any atom is 0.332 e. The third-order valence-electron chi connectivity index (χ3n) is 3.61. The summed E-state index contributed by atoms with van der Waals surface area (Å²) in [5.74, 6) is 1.56. The predicted octanol–water partition coefficient (Wildman–Crippen LogP) is 3.44. The Balaban J connectivity index is 1.74. The van der Waals surface area contributed by atoms with Crippen LogP contribution in [0.2, 0.25) is 0 Å². The topological polar surface area (TPSA) is 85.9 Å². The van der Waals surface area contributed by atoms with Crippen LogP contribution in [0, 0.1) is 0 Å². The first-order valence-electron chi connectivity index (χ1n) is 8.39. The molecule has 0 aliphatic carbocycles. The number of rotatable bonds is 7. The van der Waals surface area contributed by atoms with Gasteiger partial charge in [0.15, 0.2) is 0 Å². The minimum atomic E-state index is -0.700. The fraction of sp³-hybridized carbons (Fsp3) is 0.300. The van der Waals surface area contributed by atoms with Gasteiger partial charge < -0.3 is 15.2 Å². The van der Waals surface area contributed by atoms with Crippen molar-refractivity contribution in [1.82, 2.24) is 5.43 Å². The predicted molar refractivity (Wildman–Crippen MR) is 103 cm³/mol. The van der Waals surface area contributed by atoms with Gasteiger partial charge in [0.05, 0.1) is 6.21 Å². The summed E-state index contributed by atoms with van der Waals surface area (Å²) in [6, 6.07) is 14.7. The molecule has 2 amide bonds. The first-order valence-corrected chi connectivity index (χ1v) is 8.39. The van der Waals surface area contributed by atoms with E-state index in [1.165, 1.54) is 11.8 Å². The first kappa shape index (κ1) is 19.3. The molecule has 6 heteroatoms. The minimum absolute atomic E-state index is 0.133. The van der Waals surface area contributed by atoms with Crippen LogP contribution in [-0.2, 0) is 5.41 Å². The SMILES string of the molecule is CC(C)(C)c1ccc(OCCOc2ccc(C=NNC(N)=O)cc2)cc1. The summed E-state index contributed by atoms with van der Waals surface area (Å²) >= 11 is 0. The molecule has 2 rings (SSSR count). The Labute approximate surface area is 154 Å². The molecule has 0 aliphatic heterocycles. The second-order valence-electron chi connectivity index (χ2n) is 6.77. The number of hydrazone groups is 1. The lowest BCUT2D eigenvalue weighted by molar-refractivity contribution is 0.217. The molecule has 0 spiro atoms. The molecular weight excluding hydrogens is 330 g/mol. The van der Waals surface area contributed by atoms with Gasteiger partial charge in [0, 0.05) is 0 Å². The second kappa shape index (κ2) is 8.89. The fourth-order valence-electron chi connectivity index (χ4n) is 2.19. The maximum absolute atomic E-state index is 10.5. The number of ether oxygens (including phenoxy) is 2. The van der Waals surface area contributed by atoms with Crippen molar-refractivity contribution in [3.63, 3.8) is 0 Å². The van der Waals surface area contributed by atoms with E-state index >= 15 is 0 Å². The third-order valence-corrected chi connectivity index (χ3v) is 3.61. The van der Waals surface area contributed by atoms with Crippen LogP contribution < -0.4 is 20.6 Å². The quantitative estimate of drug-likeness (QED) is 0.453. The number of hydrogen-bond acceptors (Lipinski definition) is 4. The second-order valence-corrected chi connectivity index (χ2v) is 6.77. The van der Waals surface area contributed by atoms with Gasteiger partial charge in [-0.05, 0) is 52.9 Å². The van der Waals surface area contributed by atoms with E-state index in [2.05, 4.69) is 43.4 Å². The first-order chi connectivity index (χ1) is 12.3. The highest BCUT2D eigenvalue weighted by Crippen LogP contribution is 2.24. The van der Waals surface area contributed by atoms with Crippen LogP contribution in [0.3, 0.4) is 0 Å². The third kappa shape index (κ3) is 6.47. The van der Waals surface area contributed by atoms with Crippen LogP contribution in [0.4, 0.5) is 4.79 Å². The average molecular weight is 355 g/mol. The molecule has 138 valence electrons. The van der Waals surface area contributed by atoms with Crippen molar-refractivity contribution >= 4 is 12.2 Å². The number of urea groups is 1. The summed E-state index contributed by atoms with van der Waals surface area (Å²) in [5.41, 5.74) is 9.29. The Morgan fingerprint density at radius 1 is 1.00 bits per heavy atom. The summed E-state index contributed by atoms with van der Waals surface area (Å²) in [7, 11) is 0. The highest BCUT2D eigenvalue weighted by Gasteiger charge is 2.12. The zero-order chi connectivity index (χ0) is 19.0. The number of nitrogens with one attached hydrogen (secondary N) is 1. The van der Waals surface area contributed by atoms with Crippen LogP contribution >= 0.6 is 0 Å². The van der Waals surface area contributed by atoms with Crippen molar-refractivity contribution < 1.29 is 14.3 Å². The van der Waals surface area contributed by atoms with E-state index in [0.717, 1.165) is 17.1 Å². The lowest BCUT2D eigenvalue weighted by Gasteiger charge is -2.19. The molecule has 0 aromatic heterocycles. The Morgan fingerprint density at radius 2 is 1.50 bits per heavy atom. The Kier molecular flexibility index (Phi) is 6.60. The van der Waals surface area contributed by atoms with Gasteiger partial charge in [-0.2, -0.15) is 5.10 Å². The van der Waals surface area contributed by atoms with Gasteiger partial charge in [-0.25, -0.2) is 10.2 Å². The van der Waals surface area contributed by atoms with Gasteiger partial charge in [-0.15, -0.1) is 0 Å². The number of nitrogens with two attached hydrogens (primary N) is 1. The van der Waals surface area contributed by atoms with Crippen molar-refractivity contribution in [3.05, 3.63) is 59.7 Å². The number of primary amides is 1. The van der Waals surface area contributed by atoms with Crippen LogP contribution in [0.25, 0.3) is 0 Å². The lowest BCUT2D eigenvalue weighted by atomic mass is 9.87. The molecule has 2 aromatic carbocycles. The van der Waals surface area contributed by atoms with E-state index in [1.807, 2.05) is 36.4 Å². The zero-order valence-corrected chi connectivity index (χ0v) is 15.4. The number of carbonyl (C=O) groups is 1.